The lowest BCUT2D eigenvalue weighted by Crippen LogP contribution is -2.46. The summed E-state index contributed by atoms with van der Waals surface area (Å²) in [5.41, 5.74) is -1.42. The average Bonchev–Trinajstić information content (AvgIpc) is 3.42. The van der Waals surface area contributed by atoms with Crippen molar-refractivity contribution in [2.24, 2.45) is 10.9 Å². The van der Waals surface area contributed by atoms with Crippen LogP contribution in [0.5, 0.6) is 0 Å². The summed E-state index contributed by atoms with van der Waals surface area (Å²) in [6, 6.07) is 5.21. The van der Waals surface area contributed by atoms with Crippen molar-refractivity contribution >= 4 is 47.0 Å². The van der Waals surface area contributed by atoms with Gasteiger partial charge in [-0.25, -0.2) is 23.5 Å². The minimum absolute atomic E-state index is 0.105. The van der Waals surface area contributed by atoms with Crippen LogP contribution in [0.2, 0.25) is 25.7 Å². The standard InChI is InChI=1S/C21H29BrF2N2O4SSi/c1-29-12-20-10-17(20)21(11-23,15-9-14(22)5-6-16(15)24)25-18(31-20)26(19(27)28)13-30-7-8-32(2,3)4/h5-6,9,17H,7-8,10-13H2,1-4H3,(H,27,28)/t17-,20-,21-/m1/s1. The molecule has 0 spiro atoms. The molecular formula is C21H29BrF2N2O4SSi. The van der Waals surface area contributed by atoms with Gasteiger partial charge in [0.25, 0.3) is 0 Å². The van der Waals surface area contributed by atoms with E-state index in [4.69, 9.17) is 9.47 Å². The first-order chi connectivity index (χ1) is 15.0. The van der Waals surface area contributed by atoms with Gasteiger partial charge in [0.1, 0.15) is 24.8 Å². The number of hydrogen-bond acceptors (Lipinski definition) is 5. The maximum absolute atomic E-state index is 14.9. The number of hydrogen-bond donors (Lipinski definition) is 1. The van der Waals surface area contributed by atoms with Crippen molar-refractivity contribution in [1.29, 1.82) is 0 Å². The van der Waals surface area contributed by atoms with E-state index in [-0.39, 0.29) is 30.0 Å². The van der Waals surface area contributed by atoms with Gasteiger partial charge < -0.3 is 14.6 Å². The largest absolute Gasteiger partial charge is 0.465 e. The molecular weight excluding hydrogens is 522 g/mol. The van der Waals surface area contributed by atoms with Crippen molar-refractivity contribution < 1.29 is 28.2 Å². The highest BCUT2D eigenvalue weighted by atomic mass is 79.9. The minimum atomic E-state index is -1.53. The lowest BCUT2D eigenvalue weighted by atomic mass is 9.85. The zero-order chi connectivity index (χ0) is 23.7. The lowest BCUT2D eigenvalue weighted by molar-refractivity contribution is 0.0697. The number of methoxy groups -OCH3 is 1. The van der Waals surface area contributed by atoms with Crippen LogP contribution in [-0.2, 0) is 15.0 Å². The van der Waals surface area contributed by atoms with Gasteiger partial charge in [-0.2, -0.15) is 0 Å². The Bertz CT molecular complexity index is 903. The number of aliphatic imine (C=N–C) groups is 1. The summed E-state index contributed by atoms with van der Waals surface area (Å²) < 4.78 is 40.7. The fraction of sp³-hybridized carbons (Fsp3) is 0.619. The quantitative estimate of drug-likeness (QED) is 0.248. The molecule has 1 amide bonds. The van der Waals surface area contributed by atoms with Crippen molar-refractivity contribution in [3.63, 3.8) is 0 Å². The molecule has 1 fully saturated rings. The number of nitrogens with zero attached hydrogens (tertiary/aromatic N) is 2. The first-order valence-corrected chi connectivity index (χ1v) is 15.7. The third kappa shape index (κ3) is 5.21. The third-order valence-electron chi connectivity index (χ3n) is 5.86. The monoisotopic (exact) mass is 550 g/mol. The highest BCUT2D eigenvalue weighted by Gasteiger charge is 2.69. The van der Waals surface area contributed by atoms with E-state index in [1.54, 1.807) is 7.11 Å². The fourth-order valence-corrected chi connectivity index (χ4v) is 6.70. The molecule has 0 saturated heterocycles. The van der Waals surface area contributed by atoms with E-state index in [9.17, 15) is 18.7 Å². The Morgan fingerprint density at radius 3 is 2.75 bits per heavy atom. The molecule has 0 bridgehead atoms. The molecule has 1 aromatic carbocycles. The molecule has 6 nitrogen and oxygen atoms in total. The summed E-state index contributed by atoms with van der Waals surface area (Å²) in [6.07, 6.45) is -0.711. The Morgan fingerprint density at radius 2 is 2.16 bits per heavy atom. The second-order valence-corrected chi connectivity index (χ2v) is 17.4. The predicted molar refractivity (Wildman–Crippen MR) is 128 cm³/mol. The van der Waals surface area contributed by atoms with Crippen LogP contribution in [0.15, 0.2) is 27.7 Å². The van der Waals surface area contributed by atoms with Gasteiger partial charge in [-0.15, -0.1) is 0 Å². The molecule has 178 valence electrons. The molecule has 1 aliphatic heterocycles. The topological polar surface area (TPSA) is 71.4 Å². The SMILES string of the molecule is COC[C@]12C[C@H]1[C@@](CF)(c1cc(Br)ccc1F)N=C(N(COCC[Si](C)(C)C)C(=O)O)S2. The van der Waals surface area contributed by atoms with Crippen molar-refractivity contribution in [2.75, 3.05) is 33.7 Å². The highest BCUT2D eigenvalue weighted by molar-refractivity contribution is 9.10. The van der Waals surface area contributed by atoms with Crippen LogP contribution in [-0.4, -0.2) is 67.8 Å². The van der Waals surface area contributed by atoms with Gasteiger partial charge in [0.15, 0.2) is 5.17 Å². The molecule has 1 saturated carbocycles. The van der Waals surface area contributed by atoms with E-state index in [1.165, 1.54) is 30.0 Å². The predicted octanol–water partition coefficient (Wildman–Crippen LogP) is 5.55. The van der Waals surface area contributed by atoms with Gasteiger partial charge in [-0.1, -0.05) is 47.3 Å². The van der Waals surface area contributed by atoms with E-state index >= 15 is 0 Å². The van der Waals surface area contributed by atoms with Crippen LogP contribution < -0.4 is 0 Å². The molecule has 2 aliphatic rings. The summed E-state index contributed by atoms with van der Waals surface area (Å²) in [7, 11) is 0.197. The van der Waals surface area contributed by atoms with Crippen LogP contribution in [0.1, 0.15) is 12.0 Å². The Morgan fingerprint density at radius 1 is 1.44 bits per heavy atom. The molecule has 11 heteroatoms. The number of carbonyl (C=O) groups is 1. The average molecular weight is 552 g/mol. The summed E-state index contributed by atoms with van der Waals surface area (Å²) in [5.74, 6) is -0.895. The molecule has 0 aromatic heterocycles. The molecule has 1 heterocycles. The number of alkyl halides is 1. The normalized spacial score (nSPS) is 27.0. The van der Waals surface area contributed by atoms with Crippen LogP contribution >= 0.6 is 27.7 Å². The number of carboxylic acid groups (broad SMARTS) is 1. The van der Waals surface area contributed by atoms with Gasteiger partial charge in [0, 0.05) is 37.7 Å². The third-order valence-corrected chi connectivity index (χ3v) is 9.52. The lowest BCUT2D eigenvalue weighted by Gasteiger charge is -2.37. The van der Waals surface area contributed by atoms with E-state index < -0.39 is 36.9 Å². The zero-order valence-corrected chi connectivity index (χ0v) is 22.1. The van der Waals surface area contributed by atoms with Gasteiger partial charge in [0.2, 0.25) is 0 Å². The summed E-state index contributed by atoms with van der Waals surface area (Å²) in [4.78, 5) is 17.6. The van der Waals surface area contributed by atoms with Crippen LogP contribution in [0.25, 0.3) is 0 Å². The van der Waals surface area contributed by atoms with Gasteiger partial charge in [-0.3, -0.25) is 0 Å². The van der Waals surface area contributed by atoms with E-state index in [0.717, 1.165) is 10.9 Å². The van der Waals surface area contributed by atoms with E-state index in [0.29, 0.717) is 17.5 Å². The highest BCUT2D eigenvalue weighted by Crippen LogP contribution is 2.66. The summed E-state index contributed by atoms with van der Waals surface area (Å²) in [5, 5.41) is 9.97. The Kier molecular flexibility index (Phi) is 7.76. The number of benzene rings is 1. The molecule has 1 aromatic rings. The Hall–Kier alpha value is -1.01. The molecule has 32 heavy (non-hydrogen) atoms. The second-order valence-electron chi connectivity index (χ2n) is 9.49. The minimum Gasteiger partial charge on any atom is -0.465 e. The molecule has 0 unspecified atom stereocenters. The smallest absolute Gasteiger partial charge is 0.415 e. The first kappa shape index (κ1) is 25.6. The van der Waals surface area contributed by atoms with Gasteiger partial charge in [0.05, 0.1) is 11.4 Å². The maximum Gasteiger partial charge on any atom is 0.415 e. The number of halogens is 3. The van der Waals surface area contributed by atoms with Crippen LogP contribution in [0, 0.1) is 11.7 Å². The van der Waals surface area contributed by atoms with Gasteiger partial charge in [-0.05, 0) is 30.7 Å². The van der Waals surface area contributed by atoms with Crippen molar-refractivity contribution in [3.8, 4) is 0 Å². The van der Waals surface area contributed by atoms with E-state index in [1.807, 2.05) is 0 Å². The molecule has 0 radical (unpaired) electrons. The number of amidine groups is 1. The van der Waals surface area contributed by atoms with E-state index in [2.05, 4.69) is 40.6 Å². The van der Waals surface area contributed by atoms with Gasteiger partial charge >= 0.3 is 6.09 Å². The number of ether oxygens (including phenoxy) is 2. The van der Waals surface area contributed by atoms with Crippen LogP contribution in [0.4, 0.5) is 13.6 Å². The zero-order valence-electron chi connectivity index (χ0n) is 18.7. The number of rotatable bonds is 9. The number of amides is 1. The van der Waals surface area contributed by atoms with Crippen molar-refractivity contribution in [2.45, 2.75) is 42.4 Å². The molecule has 3 atom stereocenters. The Labute approximate surface area is 200 Å². The van der Waals surface area contributed by atoms with Crippen LogP contribution in [0.3, 0.4) is 0 Å². The number of thioether (sulfide) groups is 1. The van der Waals surface area contributed by atoms with Crippen molar-refractivity contribution in [3.05, 3.63) is 34.1 Å². The van der Waals surface area contributed by atoms with Crippen molar-refractivity contribution in [1.82, 2.24) is 4.90 Å². The fourth-order valence-electron chi connectivity index (χ4n) is 4.00. The first-order valence-electron chi connectivity index (χ1n) is 10.4. The maximum atomic E-state index is 14.9. The molecule has 1 N–H and O–H groups in total. The second kappa shape index (κ2) is 9.69. The molecule has 1 aliphatic carbocycles. The summed E-state index contributed by atoms with van der Waals surface area (Å²) >= 11 is 4.58. The Balaban J connectivity index is 1.98. The molecule has 3 rings (SSSR count). The number of fused-ring (bicyclic) bond motifs is 1. The summed E-state index contributed by atoms with van der Waals surface area (Å²) in [6.45, 7) is 6.15.